The molecule has 5 heteroatoms. The minimum Gasteiger partial charge on any atom is -0.389 e. The van der Waals surface area contributed by atoms with E-state index in [-0.39, 0.29) is 16.7 Å². The number of nitro groups is 1. The third-order valence-corrected chi connectivity index (χ3v) is 3.47. The Bertz CT molecular complexity index is 480. The fourth-order valence-corrected chi connectivity index (χ4v) is 2.41. The summed E-state index contributed by atoms with van der Waals surface area (Å²) < 4.78 is 0. The molecule has 0 spiro atoms. The molecule has 1 aromatic carbocycles. The van der Waals surface area contributed by atoms with E-state index < -0.39 is 5.60 Å². The maximum Gasteiger partial charge on any atom is 0.269 e. The molecule has 0 saturated heterocycles. The van der Waals surface area contributed by atoms with Crippen molar-refractivity contribution in [2.24, 2.45) is 0 Å². The molecular weight excluding hydrogens is 256 g/mol. The maximum atomic E-state index is 10.9. The summed E-state index contributed by atoms with van der Waals surface area (Å²) in [5.41, 5.74) is 1.28. The third-order valence-electron chi connectivity index (χ3n) is 3.47. The molecule has 0 amide bonds. The molecule has 0 aromatic heterocycles. The molecule has 1 N–H and O–H groups in total. The zero-order valence-electron chi connectivity index (χ0n) is 12.9. The molecule has 1 rings (SSSR count). The van der Waals surface area contributed by atoms with Crippen LogP contribution >= 0.6 is 0 Å². The van der Waals surface area contributed by atoms with Gasteiger partial charge in [0.1, 0.15) is 0 Å². The first kappa shape index (κ1) is 16.6. The summed E-state index contributed by atoms with van der Waals surface area (Å²) in [4.78, 5) is 12.7. The van der Waals surface area contributed by atoms with Crippen molar-refractivity contribution in [2.75, 3.05) is 13.1 Å². The lowest BCUT2D eigenvalue weighted by atomic mass is 9.99. The Labute approximate surface area is 120 Å². The minimum atomic E-state index is -0.793. The van der Waals surface area contributed by atoms with E-state index in [1.165, 1.54) is 6.07 Å². The summed E-state index contributed by atoms with van der Waals surface area (Å²) in [6, 6.07) is 4.96. The number of aliphatic hydroxyl groups is 1. The summed E-state index contributed by atoms with van der Waals surface area (Å²) in [6.07, 6.45) is 0. The van der Waals surface area contributed by atoms with E-state index in [1.807, 2.05) is 20.8 Å². The van der Waals surface area contributed by atoms with Crippen molar-refractivity contribution in [2.45, 2.75) is 46.3 Å². The van der Waals surface area contributed by atoms with E-state index in [2.05, 4.69) is 4.90 Å². The van der Waals surface area contributed by atoms with Crippen molar-refractivity contribution in [3.8, 4) is 0 Å². The Hall–Kier alpha value is -1.46. The second-order valence-electron chi connectivity index (χ2n) is 5.85. The summed E-state index contributed by atoms with van der Waals surface area (Å²) in [6.45, 7) is 10.8. The van der Waals surface area contributed by atoms with E-state index >= 15 is 0 Å². The van der Waals surface area contributed by atoms with Crippen LogP contribution in [0.3, 0.4) is 0 Å². The Balaban J connectivity index is 3.08. The Morgan fingerprint density at radius 1 is 1.45 bits per heavy atom. The standard InChI is InChI=1S/C15H24N2O3/c1-6-16(10-15(4,5)18)12(3)14-9-13(17(19)20)8-7-11(14)2/h7-9,12,18H,6,10H2,1-5H3. The van der Waals surface area contributed by atoms with Crippen LogP contribution in [-0.4, -0.2) is 33.6 Å². The van der Waals surface area contributed by atoms with Gasteiger partial charge in [-0.05, 0) is 45.4 Å². The van der Waals surface area contributed by atoms with E-state index in [0.717, 1.165) is 17.7 Å². The topological polar surface area (TPSA) is 66.6 Å². The quantitative estimate of drug-likeness (QED) is 0.642. The second kappa shape index (κ2) is 6.33. The highest BCUT2D eigenvalue weighted by Crippen LogP contribution is 2.28. The van der Waals surface area contributed by atoms with Crippen LogP contribution in [0.15, 0.2) is 18.2 Å². The van der Waals surface area contributed by atoms with E-state index in [1.54, 1.807) is 26.0 Å². The van der Waals surface area contributed by atoms with Gasteiger partial charge in [-0.1, -0.05) is 13.0 Å². The smallest absolute Gasteiger partial charge is 0.269 e. The van der Waals surface area contributed by atoms with E-state index in [4.69, 9.17) is 0 Å². The number of aryl methyl sites for hydroxylation is 1. The van der Waals surface area contributed by atoms with Crippen molar-refractivity contribution in [3.63, 3.8) is 0 Å². The normalized spacial score (nSPS) is 13.6. The molecule has 0 saturated carbocycles. The molecule has 0 radical (unpaired) electrons. The zero-order valence-corrected chi connectivity index (χ0v) is 12.9. The van der Waals surface area contributed by atoms with Gasteiger partial charge in [-0.3, -0.25) is 15.0 Å². The Kier molecular flexibility index (Phi) is 5.25. The highest BCUT2D eigenvalue weighted by Gasteiger charge is 2.24. The number of hydrogen-bond donors (Lipinski definition) is 1. The van der Waals surface area contributed by atoms with Gasteiger partial charge in [-0.15, -0.1) is 0 Å². The number of nitro benzene ring substituents is 1. The van der Waals surface area contributed by atoms with Crippen LogP contribution in [0.25, 0.3) is 0 Å². The largest absolute Gasteiger partial charge is 0.389 e. The zero-order chi connectivity index (χ0) is 15.5. The lowest BCUT2D eigenvalue weighted by Crippen LogP contribution is -2.40. The molecule has 0 heterocycles. The third kappa shape index (κ3) is 4.28. The van der Waals surface area contributed by atoms with Crippen LogP contribution in [0, 0.1) is 17.0 Å². The average molecular weight is 280 g/mol. The first-order valence-electron chi connectivity index (χ1n) is 6.87. The number of likely N-dealkylation sites (N-methyl/N-ethyl adjacent to an activating group) is 1. The Morgan fingerprint density at radius 3 is 2.50 bits per heavy atom. The van der Waals surface area contributed by atoms with Gasteiger partial charge in [0.15, 0.2) is 0 Å². The minimum absolute atomic E-state index is 0.0197. The van der Waals surface area contributed by atoms with Gasteiger partial charge < -0.3 is 5.11 Å². The van der Waals surface area contributed by atoms with Gasteiger partial charge in [0.2, 0.25) is 0 Å². The first-order chi connectivity index (χ1) is 9.15. The van der Waals surface area contributed by atoms with Crippen molar-refractivity contribution in [3.05, 3.63) is 39.4 Å². The highest BCUT2D eigenvalue weighted by molar-refractivity contribution is 5.40. The van der Waals surface area contributed by atoms with Gasteiger partial charge in [0.05, 0.1) is 10.5 Å². The van der Waals surface area contributed by atoms with Crippen LogP contribution in [0.2, 0.25) is 0 Å². The van der Waals surface area contributed by atoms with Crippen molar-refractivity contribution in [1.82, 2.24) is 4.90 Å². The van der Waals surface area contributed by atoms with Crippen LogP contribution in [-0.2, 0) is 0 Å². The molecule has 1 unspecified atom stereocenters. The molecule has 112 valence electrons. The Morgan fingerprint density at radius 2 is 2.05 bits per heavy atom. The van der Waals surface area contributed by atoms with Crippen LogP contribution in [0.4, 0.5) is 5.69 Å². The molecule has 1 atom stereocenters. The maximum absolute atomic E-state index is 10.9. The monoisotopic (exact) mass is 280 g/mol. The van der Waals surface area contributed by atoms with Crippen LogP contribution < -0.4 is 0 Å². The average Bonchev–Trinajstić information content (AvgIpc) is 2.34. The predicted molar refractivity (Wildman–Crippen MR) is 79.8 cm³/mol. The molecular formula is C15H24N2O3. The van der Waals surface area contributed by atoms with Crippen molar-refractivity contribution >= 4 is 5.69 Å². The molecule has 5 nitrogen and oxygen atoms in total. The number of hydrogen-bond acceptors (Lipinski definition) is 4. The number of nitrogens with zero attached hydrogens (tertiary/aromatic N) is 2. The van der Waals surface area contributed by atoms with E-state index in [0.29, 0.717) is 6.54 Å². The van der Waals surface area contributed by atoms with E-state index in [9.17, 15) is 15.2 Å². The predicted octanol–water partition coefficient (Wildman–Crippen LogP) is 3.06. The molecule has 0 aliphatic heterocycles. The van der Waals surface area contributed by atoms with Crippen molar-refractivity contribution < 1.29 is 10.0 Å². The number of rotatable bonds is 6. The van der Waals surface area contributed by atoms with Gasteiger partial charge in [-0.2, -0.15) is 0 Å². The van der Waals surface area contributed by atoms with Crippen LogP contribution in [0.5, 0.6) is 0 Å². The summed E-state index contributed by atoms with van der Waals surface area (Å²) in [5, 5.41) is 20.9. The fourth-order valence-electron chi connectivity index (χ4n) is 2.41. The SMILES string of the molecule is CCN(CC(C)(C)O)C(C)c1cc([N+](=O)[O-])ccc1C. The van der Waals surface area contributed by atoms with Gasteiger partial charge in [0, 0.05) is 24.7 Å². The second-order valence-corrected chi connectivity index (χ2v) is 5.85. The highest BCUT2D eigenvalue weighted by atomic mass is 16.6. The lowest BCUT2D eigenvalue weighted by molar-refractivity contribution is -0.385. The molecule has 0 fully saturated rings. The van der Waals surface area contributed by atoms with Crippen LogP contribution in [0.1, 0.15) is 44.9 Å². The number of non-ortho nitro benzene ring substituents is 1. The van der Waals surface area contributed by atoms with Gasteiger partial charge in [0.25, 0.3) is 5.69 Å². The lowest BCUT2D eigenvalue weighted by Gasteiger charge is -2.33. The summed E-state index contributed by atoms with van der Waals surface area (Å²) in [7, 11) is 0. The summed E-state index contributed by atoms with van der Waals surface area (Å²) in [5.74, 6) is 0. The molecule has 0 aliphatic carbocycles. The number of benzene rings is 1. The van der Waals surface area contributed by atoms with Gasteiger partial charge >= 0.3 is 0 Å². The molecule has 0 bridgehead atoms. The molecule has 20 heavy (non-hydrogen) atoms. The van der Waals surface area contributed by atoms with Gasteiger partial charge in [-0.25, -0.2) is 0 Å². The van der Waals surface area contributed by atoms with Crippen molar-refractivity contribution in [1.29, 1.82) is 0 Å². The first-order valence-corrected chi connectivity index (χ1v) is 6.87. The molecule has 0 aliphatic rings. The fraction of sp³-hybridized carbons (Fsp3) is 0.600. The molecule has 1 aromatic rings. The summed E-state index contributed by atoms with van der Waals surface area (Å²) >= 11 is 0.